The zero-order valence-electron chi connectivity index (χ0n) is 13.1. The summed E-state index contributed by atoms with van der Waals surface area (Å²) in [4.78, 5) is 13.0. The van der Waals surface area contributed by atoms with Crippen molar-refractivity contribution in [3.05, 3.63) is 41.4 Å². The van der Waals surface area contributed by atoms with E-state index in [0.29, 0.717) is 12.5 Å². The van der Waals surface area contributed by atoms with Crippen molar-refractivity contribution in [2.24, 2.45) is 17.8 Å². The molecule has 1 aliphatic heterocycles. The molecule has 0 amide bonds. The molecule has 0 saturated carbocycles. The highest BCUT2D eigenvalue weighted by Crippen LogP contribution is 2.19. The van der Waals surface area contributed by atoms with Gasteiger partial charge in [-0.2, -0.15) is 5.10 Å². The number of hydrogen-bond donors (Lipinski definition) is 1. The van der Waals surface area contributed by atoms with Crippen molar-refractivity contribution >= 4 is 23.2 Å². The van der Waals surface area contributed by atoms with Crippen LogP contribution in [0.2, 0.25) is 5.02 Å². The molecule has 0 aliphatic carbocycles. The zero-order valence-corrected chi connectivity index (χ0v) is 13.8. The van der Waals surface area contributed by atoms with Gasteiger partial charge in [0.2, 0.25) is 0 Å². The second kappa shape index (κ2) is 6.87. The first-order valence-corrected chi connectivity index (χ1v) is 7.89. The molecule has 1 aromatic carbocycles. The van der Waals surface area contributed by atoms with Gasteiger partial charge in [-0.15, -0.1) is 0 Å². The highest BCUT2D eigenvalue weighted by Gasteiger charge is 2.18. The first kappa shape index (κ1) is 15.6. The Morgan fingerprint density at radius 3 is 2.52 bits per heavy atom. The number of rotatable bonds is 3. The molecule has 0 spiro atoms. The van der Waals surface area contributed by atoms with E-state index >= 15 is 0 Å². The van der Waals surface area contributed by atoms with Crippen molar-refractivity contribution in [1.29, 1.82) is 0 Å². The van der Waals surface area contributed by atoms with Crippen LogP contribution in [0.4, 0.5) is 5.69 Å². The average Bonchev–Trinajstić information content (AvgIpc) is 2.99. The molecule has 1 fully saturated rings. The molecule has 2 N–H and O–H groups in total. The topological polar surface area (TPSA) is 75.6 Å². The van der Waals surface area contributed by atoms with Gasteiger partial charge in [0.05, 0.1) is 0 Å². The Hall–Kier alpha value is -2.28. The highest BCUT2D eigenvalue weighted by molar-refractivity contribution is 6.30. The fraction of sp³-hybridized carbons (Fsp3) is 0.400. The van der Waals surface area contributed by atoms with Gasteiger partial charge < -0.3 is 15.5 Å². The maximum atomic E-state index is 6.10. The number of anilines is 1. The van der Waals surface area contributed by atoms with Crippen LogP contribution in [0.3, 0.4) is 0 Å². The molecule has 2 aromatic rings. The lowest BCUT2D eigenvalue weighted by molar-refractivity contribution is 0.380. The van der Waals surface area contributed by atoms with Crippen molar-refractivity contribution in [1.82, 2.24) is 19.7 Å². The van der Waals surface area contributed by atoms with Crippen LogP contribution < -0.4 is 10.6 Å². The molecule has 3 rings (SSSR count). The quantitative estimate of drug-likeness (QED) is 0.672. The number of aryl methyl sites for hydroxylation is 1. The predicted molar refractivity (Wildman–Crippen MR) is 91.6 cm³/mol. The Balaban J connectivity index is 1.55. The van der Waals surface area contributed by atoms with E-state index in [1.165, 1.54) is 12.0 Å². The van der Waals surface area contributed by atoms with Gasteiger partial charge >= 0.3 is 0 Å². The Kier molecular flexibility index (Phi) is 4.66. The molecule has 0 atom stereocenters. The van der Waals surface area contributed by atoms with Crippen LogP contribution in [0.25, 0.3) is 0 Å². The van der Waals surface area contributed by atoms with E-state index < -0.39 is 0 Å². The Bertz CT molecular complexity index is 671. The summed E-state index contributed by atoms with van der Waals surface area (Å²) >= 11 is 5.93. The third-order valence-electron chi connectivity index (χ3n) is 3.98. The molecular formula is C15H20ClN7. The summed E-state index contributed by atoms with van der Waals surface area (Å²) in [6.07, 6.45) is 1.52. The lowest BCUT2D eigenvalue weighted by Crippen LogP contribution is -2.51. The van der Waals surface area contributed by atoms with Crippen LogP contribution >= 0.6 is 11.6 Å². The number of halogens is 1. The standard InChI is InChI=1S/C15H20ClN7/c1-21-14(19-11-20-21)10-18-15(17)23-8-6-22(7-9-23)13-4-2-12(16)3-5-13/h2-5,11H,6-10H2,1H3,(H2,17,18). The van der Waals surface area contributed by atoms with E-state index in [9.17, 15) is 0 Å². The lowest BCUT2D eigenvalue weighted by atomic mass is 10.2. The summed E-state index contributed by atoms with van der Waals surface area (Å²) < 4.78 is 1.70. The molecule has 8 heteroatoms. The second-order valence-electron chi connectivity index (χ2n) is 5.42. The monoisotopic (exact) mass is 333 g/mol. The van der Waals surface area contributed by atoms with Crippen LogP contribution in [0, 0.1) is 0 Å². The number of benzene rings is 1. The van der Waals surface area contributed by atoms with Gasteiger partial charge in [0, 0.05) is 43.9 Å². The van der Waals surface area contributed by atoms with E-state index in [1.807, 2.05) is 31.3 Å². The minimum absolute atomic E-state index is 0.444. The molecule has 1 aliphatic rings. The number of aromatic nitrogens is 3. The van der Waals surface area contributed by atoms with Crippen LogP contribution in [-0.4, -0.2) is 51.8 Å². The fourth-order valence-corrected chi connectivity index (χ4v) is 2.69. The van der Waals surface area contributed by atoms with Crippen molar-refractivity contribution in [3.63, 3.8) is 0 Å². The SMILES string of the molecule is Cn1ncnc1CN=C(N)N1CCN(c2ccc(Cl)cc2)CC1. The molecule has 0 radical (unpaired) electrons. The second-order valence-corrected chi connectivity index (χ2v) is 5.86. The Labute approximate surface area is 140 Å². The van der Waals surface area contributed by atoms with Gasteiger partial charge in [0.15, 0.2) is 5.96 Å². The lowest BCUT2D eigenvalue weighted by Gasteiger charge is -2.36. The van der Waals surface area contributed by atoms with E-state index in [4.69, 9.17) is 17.3 Å². The van der Waals surface area contributed by atoms with Crippen molar-refractivity contribution < 1.29 is 0 Å². The Morgan fingerprint density at radius 2 is 1.91 bits per heavy atom. The highest BCUT2D eigenvalue weighted by atomic mass is 35.5. The smallest absolute Gasteiger partial charge is 0.191 e. The van der Waals surface area contributed by atoms with Crippen molar-refractivity contribution in [2.75, 3.05) is 31.1 Å². The summed E-state index contributed by atoms with van der Waals surface area (Å²) in [5.74, 6) is 1.36. The van der Waals surface area contributed by atoms with E-state index in [2.05, 4.69) is 24.9 Å². The van der Waals surface area contributed by atoms with Gasteiger partial charge in [-0.05, 0) is 24.3 Å². The molecule has 2 heterocycles. The predicted octanol–water partition coefficient (Wildman–Crippen LogP) is 1.11. The van der Waals surface area contributed by atoms with E-state index in [1.54, 1.807) is 4.68 Å². The summed E-state index contributed by atoms with van der Waals surface area (Å²) in [6, 6.07) is 7.92. The van der Waals surface area contributed by atoms with E-state index in [-0.39, 0.29) is 0 Å². The van der Waals surface area contributed by atoms with Gasteiger partial charge in [-0.1, -0.05) is 11.6 Å². The molecule has 23 heavy (non-hydrogen) atoms. The summed E-state index contributed by atoms with van der Waals surface area (Å²) in [7, 11) is 1.85. The van der Waals surface area contributed by atoms with Gasteiger partial charge in [-0.25, -0.2) is 9.98 Å². The van der Waals surface area contributed by atoms with Crippen molar-refractivity contribution in [3.8, 4) is 0 Å². The number of nitrogens with two attached hydrogens (primary N) is 1. The largest absolute Gasteiger partial charge is 0.370 e. The van der Waals surface area contributed by atoms with Gasteiger partial charge in [-0.3, -0.25) is 4.68 Å². The molecule has 0 bridgehead atoms. The number of aliphatic imine (C=N–C) groups is 1. The molecule has 7 nitrogen and oxygen atoms in total. The van der Waals surface area contributed by atoms with Crippen LogP contribution in [0.1, 0.15) is 5.82 Å². The number of piperazine rings is 1. The Morgan fingerprint density at radius 1 is 1.22 bits per heavy atom. The molecular weight excluding hydrogens is 314 g/mol. The minimum atomic E-state index is 0.444. The summed E-state index contributed by atoms with van der Waals surface area (Å²) in [5, 5.41) is 4.78. The molecule has 122 valence electrons. The van der Waals surface area contributed by atoms with Crippen LogP contribution in [0.15, 0.2) is 35.6 Å². The molecule has 1 saturated heterocycles. The molecule has 0 unspecified atom stereocenters. The first-order valence-electron chi connectivity index (χ1n) is 7.52. The van der Waals surface area contributed by atoms with Gasteiger partial charge in [0.1, 0.15) is 18.7 Å². The number of nitrogens with zero attached hydrogens (tertiary/aromatic N) is 6. The summed E-state index contributed by atoms with van der Waals surface area (Å²) in [6.45, 7) is 3.94. The summed E-state index contributed by atoms with van der Waals surface area (Å²) in [5.41, 5.74) is 7.29. The third-order valence-corrected chi connectivity index (χ3v) is 4.24. The van der Waals surface area contributed by atoms with Crippen LogP contribution in [-0.2, 0) is 13.6 Å². The zero-order chi connectivity index (χ0) is 16.2. The number of hydrogen-bond acceptors (Lipinski definition) is 4. The van der Waals surface area contributed by atoms with Crippen LogP contribution in [0.5, 0.6) is 0 Å². The van der Waals surface area contributed by atoms with E-state index in [0.717, 1.165) is 37.0 Å². The number of guanidine groups is 1. The minimum Gasteiger partial charge on any atom is -0.370 e. The van der Waals surface area contributed by atoms with Gasteiger partial charge in [0.25, 0.3) is 0 Å². The maximum Gasteiger partial charge on any atom is 0.191 e. The third kappa shape index (κ3) is 3.73. The molecule has 1 aromatic heterocycles. The van der Waals surface area contributed by atoms with Crippen molar-refractivity contribution in [2.45, 2.75) is 6.54 Å². The first-order chi connectivity index (χ1) is 11.1. The normalized spacial score (nSPS) is 16.0. The average molecular weight is 334 g/mol. The fourth-order valence-electron chi connectivity index (χ4n) is 2.56. The maximum absolute atomic E-state index is 6.10.